The van der Waals surface area contributed by atoms with Crippen molar-refractivity contribution in [3.63, 3.8) is 0 Å². The highest BCUT2D eigenvalue weighted by molar-refractivity contribution is 5.76. The number of aliphatic hydroxyl groups excluding tert-OH is 5. The Morgan fingerprint density at radius 3 is 1.01 bits per heavy atom. The van der Waals surface area contributed by atoms with Crippen molar-refractivity contribution in [3.05, 3.63) is 36.5 Å². The molecule has 1 amide bonds. The SMILES string of the molecule is CCCCCC/C=C/CC/C=C/CC/C=C/C(O)C(COC1OC(CO)C(O)C(O)C1O)NC(=O)CCCCCCCCCCCCCCCCCCCCCCCCCCCCCCCCCCCCCCCCCOC(=O)CCCCCCCCCCCCCCCCCCC. The van der Waals surface area contributed by atoms with E-state index < -0.39 is 49.5 Å². The van der Waals surface area contributed by atoms with Gasteiger partial charge in [-0.25, -0.2) is 0 Å². The maximum absolute atomic E-state index is 13.1. The van der Waals surface area contributed by atoms with Crippen LogP contribution < -0.4 is 5.32 Å². The first-order chi connectivity index (χ1) is 48.2. The molecule has 98 heavy (non-hydrogen) atoms. The molecular formula is C87H165NO10. The molecule has 7 atom stereocenters. The second-order valence-corrected chi connectivity index (χ2v) is 30.2. The van der Waals surface area contributed by atoms with Gasteiger partial charge >= 0.3 is 5.97 Å². The number of nitrogens with one attached hydrogen (secondary N) is 1. The van der Waals surface area contributed by atoms with Crippen LogP contribution in [0.25, 0.3) is 0 Å². The van der Waals surface area contributed by atoms with Crippen molar-refractivity contribution in [1.29, 1.82) is 0 Å². The molecule has 0 spiro atoms. The molecule has 1 aliphatic rings. The lowest BCUT2D eigenvalue weighted by atomic mass is 9.99. The summed E-state index contributed by atoms with van der Waals surface area (Å²) in [5, 5.41) is 54.6. The standard InChI is InChI=1S/C87H165NO10/c1-3-5-7-9-11-13-15-17-19-43-47-51-55-59-63-67-71-75-83(92)96-76-72-68-64-60-56-52-48-45-42-40-38-36-34-32-30-28-26-24-22-20-21-23-25-27-29-31-33-35-37-39-41-44-46-50-54-58-62-66-70-74-82(91)88-79(78-97-87-86(95)85(94)84(93)81(77-89)98-87)80(90)73-69-65-61-57-53-49-18-16-14-12-10-8-6-4-2/h14,16,53,57,69,73,79-81,84-87,89-90,93-95H,3-13,15,17-52,54-56,58-68,70-72,74-78H2,1-2H3,(H,88,91)/b16-14+,57-53+,73-69+. The lowest BCUT2D eigenvalue weighted by Gasteiger charge is -2.40. The van der Waals surface area contributed by atoms with Gasteiger partial charge in [0.05, 0.1) is 32.0 Å². The fourth-order valence-electron chi connectivity index (χ4n) is 14.0. The zero-order chi connectivity index (χ0) is 70.8. The predicted molar refractivity (Wildman–Crippen MR) is 417 cm³/mol. The van der Waals surface area contributed by atoms with Gasteiger partial charge in [-0.1, -0.05) is 410 Å². The van der Waals surface area contributed by atoms with E-state index in [1.165, 1.54) is 353 Å². The van der Waals surface area contributed by atoms with Gasteiger partial charge in [-0.2, -0.15) is 0 Å². The van der Waals surface area contributed by atoms with Crippen molar-refractivity contribution in [2.75, 3.05) is 19.8 Å². The summed E-state index contributed by atoms with van der Waals surface area (Å²) in [5.41, 5.74) is 0. The first-order valence-electron chi connectivity index (χ1n) is 43.3. The van der Waals surface area contributed by atoms with E-state index in [9.17, 15) is 35.1 Å². The molecule has 7 unspecified atom stereocenters. The molecule has 0 saturated carbocycles. The minimum Gasteiger partial charge on any atom is -0.466 e. The van der Waals surface area contributed by atoms with E-state index in [0.717, 1.165) is 64.2 Å². The summed E-state index contributed by atoms with van der Waals surface area (Å²) in [6.07, 6.45) is 90.7. The molecular weight excluding hydrogens is 1220 g/mol. The number of aliphatic hydroxyl groups is 5. The van der Waals surface area contributed by atoms with Gasteiger partial charge in [-0.05, 0) is 57.8 Å². The zero-order valence-electron chi connectivity index (χ0n) is 64.8. The fourth-order valence-corrected chi connectivity index (χ4v) is 14.0. The van der Waals surface area contributed by atoms with Gasteiger partial charge in [0.25, 0.3) is 0 Å². The molecule has 1 saturated heterocycles. The van der Waals surface area contributed by atoms with E-state index in [1.54, 1.807) is 6.08 Å². The third-order valence-corrected chi connectivity index (χ3v) is 20.7. The minimum absolute atomic E-state index is 0.0230. The van der Waals surface area contributed by atoms with Gasteiger partial charge in [-0.15, -0.1) is 0 Å². The van der Waals surface area contributed by atoms with Gasteiger partial charge < -0.3 is 45.1 Å². The van der Waals surface area contributed by atoms with E-state index >= 15 is 0 Å². The Labute approximate surface area is 606 Å². The molecule has 0 aromatic rings. The van der Waals surface area contributed by atoms with Crippen LogP contribution in [0, 0.1) is 0 Å². The van der Waals surface area contributed by atoms with Crippen LogP contribution in [0.3, 0.4) is 0 Å². The van der Waals surface area contributed by atoms with Crippen molar-refractivity contribution >= 4 is 11.9 Å². The van der Waals surface area contributed by atoms with Crippen LogP contribution in [0.2, 0.25) is 0 Å². The Kier molecular flexibility index (Phi) is 72.8. The molecule has 0 aromatic heterocycles. The fraction of sp³-hybridized carbons (Fsp3) is 0.908. The van der Waals surface area contributed by atoms with E-state index in [1.807, 2.05) is 6.08 Å². The number of rotatable bonds is 78. The summed E-state index contributed by atoms with van der Waals surface area (Å²) in [6.45, 7) is 4.37. The number of unbranched alkanes of at least 4 members (excludes halogenated alkanes) is 60. The van der Waals surface area contributed by atoms with Crippen molar-refractivity contribution in [3.8, 4) is 0 Å². The van der Waals surface area contributed by atoms with Crippen LogP contribution in [0.1, 0.15) is 444 Å². The zero-order valence-corrected chi connectivity index (χ0v) is 64.8. The van der Waals surface area contributed by atoms with E-state index in [0.29, 0.717) is 19.4 Å². The summed E-state index contributed by atoms with van der Waals surface area (Å²) in [7, 11) is 0. The van der Waals surface area contributed by atoms with Crippen molar-refractivity contribution in [2.24, 2.45) is 0 Å². The van der Waals surface area contributed by atoms with Gasteiger partial charge in [-0.3, -0.25) is 9.59 Å². The highest BCUT2D eigenvalue weighted by atomic mass is 16.7. The van der Waals surface area contributed by atoms with Crippen LogP contribution in [0.4, 0.5) is 0 Å². The Bertz CT molecular complexity index is 1720. The number of allylic oxidation sites excluding steroid dienone is 5. The third-order valence-electron chi connectivity index (χ3n) is 20.7. The Morgan fingerprint density at radius 1 is 0.367 bits per heavy atom. The molecule has 6 N–H and O–H groups in total. The average Bonchev–Trinajstić information content (AvgIpc) is 0.823. The number of esters is 1. The van der Waals surface area contributed by atoms with Crippen molar-refractivity contribution in [2.45, 2.75) is 487 Å². The number of amides is 1. The lowest BCUT2D eigenvalue weighted by Crippen LogP contribution is -2.60. The topological polar surface area (TPSA) is 175 Å². The molecule has 0 bridgehead atoms. The number of carbonyl (C=O) groups excluding carboxylic acids is 2. The van der Waals surface area contributed by atoms with Crippen LogP contribution in [-0.2, 0) is 23.8 Å². The van der Waals surface area contributed by atoms with Gasteiger partial charge in [0, 0.05) is 12.8 Å². The molecule has 0 aliphatic carbocycles. The largest absolute Gasteiger partial charge is 0.466 e. The summed E-state index contributed by atoms with van der Waals surface area (Å²) >= 11 is 0. The monoisotopic (exact) mass is 1380 g/mol. The molecule has 1 rings (SSSR count). The van der Waals surface area contributed by atoms with Crippen LogP contribution >= 0.6 is 0 Å². The molecule has 0 radical (unpaired) electrons. The van der Waals surface area contributed by atoms with Gasteiger partial charge in [0.1, 0.15) is 24.4 Å². The van der Waals surface area contributed by atoms with E-state index in [4.69, 9.17) is 14.2 Å². The second kappa shape index (κ2) is 76.0. The van der Waals surface area contributed by atoms with Crippen molar-refractivity contribution in [1.82, 2.24) is 5.32 Å². The maximum Gasteiger partial charge on any atom is 0.305 e. The summed E-state index contributed by atoms with van der Waals surface area (Å²) in [5.74, 6) is -0.165. The Morgan fingerprint density at radius 2 is 0.663 bits per heavy atom. The molecule has 11 nitrogen and oxygen atoms in total. The van der Waals surface area contributed by atoms with E-state index in [2.05, 4.69) is 43.5 Å². The molecule has 578 valence electrons. The molecule has 1 fully saturated rings. The smallest absolute Gasteiger partial charge is 0.305 e. The third kappa shape index (κ3) is 63.6. The average molecular weight is 1390 g/mol. The summed E-state index contributed by atoms with van der Waals surface area (Å²) in [4.78, 5) is 25.2. The van der Waals surface area contributed by atoms with Crippen LogP contribution in [0.15, 0.2) is 36.5 Å². The Balaban J connectivity index is 1.86. The quantitative estimate of drug-likeness (QED) is 0.0195. The number of hydrogen-bond acceptors (Lipinski definition) is 10. The minimum atomic E-state index is -1.58. The highest BCUT2D eigenvalue weighted by Crippen LogP contribution is 2.24. The first-order valence-corrected chi connectivity index (χ1v) is 43.3. The first kappa shape index (κ1) is 93.9. The number of hydrogen-bond donors (Lipinski definition) is 6. The number of carbonyl (C=O) groups is 2. The molecule has 0 aromatic carbocycles. The van der Waals surface area contributed by atoms with Gasteiger partial charge in [0.2, 0.25) is 5.91 Å². The van der Waals surface area contributed by atoms with Crippen LogP contribution in [-0.4, -0.2) is 100 Å². The van der Waals surface area contributed by atoms with E-state index in [-0.39, 0.29) is 18.5 Å². The lowest BCUT2D eigenvalue weighted by molar-refractivity contribution is -0.302. The summed E-state index contributed by atoms with van der Waals surface area (Å²) < 4.78 is 16.8. The summed E-state index contributed by atoms with van der Waals surface area (Å²) in [6, 6.07) is -0.831. The van der Waals surface area contributed by atoms with Crippen LogP contribution in [0.5, 0.6) is 0 Å². The molecule has 1 aliphatic heterocycles. The number of ether oxygens (including phenoxy) is 3. The molecule has 1 heterocycles. The molecule has 11 heteroatoms. The van der Waals surface area contributed by atoms with Gasteiger partial charge in [0.15, 0.2) is 6.29 Å². The predicted octanol–water partition coefficient (Wildman–Crippen LogP) is 24.0. The highest BCUT2D eigenvalue weighted by Gasteiger charge is 2.44. The van der Waals surface area contributed by atoms with Crippen molar-refractivity contribution < 1.29 is 49.3 Å². The normalized spacial score (nSPS) is 17.3. The second-order valence-electron chi connectivity index (χ2n) is 30.2. The maximum atomic E-state index is 13.1. The Hall–Kier alpha value is -2.12.